The van der Waals surface area contributed by atoms with E-state index in [4.69, 9.17) is 5.11 Å². The fraction of sp³-hybridized carbons (Fsp3) is 0.143. The van der Waals surface area contributed by atoms with Crippen LogP contribution in [0.15, 0.2) is 21.1 Å². The lowest BCUT2D eigenvalue weighted by molar-refractivity contribution is -0.138. The van der Waals surface area contributed by atoms with Gasteiger partial charge in [0.1, 0.15) is 5.75 Å². The number of halogens is 5. The van der Waals surface area contributed by atoms with Crippen molar-refractivity contribution in [3.05, 3.63) is 26.6 Å². The average molecular weight is 320 g/mol. The van der Waals surface area contributed by atoms with Crippen molar-refractivity contribution in [1.82, 2.24) is 0 Å². The van der Waals surface area contributed by atoms with Crippen molar-refractivity contribution in [2.24, 2.45) is 0 Å². The molecule has 0 aromatic heterocycles. The van der Waals surface area contributed by atoms with Gasteiger partial charge in [-0.15, -0.1) is 0 Å². The van der Waals surface area contributed by atoms with Crippen LogP contribution in [0.4, 0.5) is 13.2 Å². The number of phenols is 1. The quantitative estimate of drug-likeness (QED) is 0.768. The Morgan fingerprint density at radius 3 is 2.15 bits per heavy atom. The van der Waals surface area contributed by atoms with Crippen LogP contribution >= 0.6 is 31.9 Å². The zero-order chi connectivity index (χ0) is 10.2. The molecule has 13 heavy (non-hydrogen) atoms. The van der Waals surface area contributed by atoms with Gasteiger partial charge in [0.05, 0.1) is 10.0 Å². The molecule has 1 rings (SSSR count). The molecule has 1 aromatic rings. The van der Waals surface area contributed by atoms with Gasteiger partial charge >= 0.3 is 6.18 Å². The second-order valence-corrected chi connectivity index (χ2v) is 3.90. The van der Waals surface area contributed by atoms with Crippen LogP contribution in [0.25, 0.3) is 0 Å². The van der Waals surface area contributed by atoms with Crippen molar-refractivity contribution in [2.75, 3.05) is 0 Å². The highest BCUT2D eigenvalue weighted by Gasteiger charge is 2.34. The number of alkyl halides is 3. The zero-order valence-electron chi connectivity index (χ0n) is 5.99. The molecule has 6 heteroatoms. The SMILES string of the molecule is Oc1c(C(F)(F)F)ccc(Br)c1Br. The molecule has 72 valence electrons. The molecule has 0 aliphatic rings. The van der Waals surface area contributed by atoms with Crippen LogP contribution in [0.3, 0.4) is 0 Å². The molecule has 1 aromatic carbocycles. The summed E-state index contributed by atoms with van der Waals surface area (Å²) in [6.45, 7) is 0. The Morgan fingerprint density at radius 2 is 1.69 bits per heavy atom. The fourth-order valence-corrected chi connectivity index (χ4v) is 1.43. The molecule has 0 spiro atoms. The van der Waals surface area contributed by atoms with Crippen LogP contribution in [0.2, 0.25) is 0 Å². The van der Waals surface area contributed by atoms with E-state index in [-0.39, 0.29) is 4.47 Å². The molecule has 1 N–H and O–H groups in total. The Labute approximate surface area is 88.8 Å². The lowest BCUT2D eigenvalue weighted by Gasteiger charge is -2.10. The third-order valence-corrected chi connectivity index (χ3v) is 3.37. The van der Waals surface area contributed by atoms with E-state index in [1.165, 1.54) is 6.07 Å². The molecular formula is C7H3Br2F3O. The molecule has 0 atom stereocenters. The minimum atomic E-state index is -4.53. The van der Waals surface area contributed by atoms with Crippen molar-refractivity contribution in [1.29, 1.82) is 0 Å². The minimum absolute atomic E-state index is 0.00215. The normalized spacial score (nSPS) is 11.8. The molecule has 0 amide bonds. The molecule has 1 nitrogen and oxygen atoms in total. The lowest BCUT2D eigenvalue weighted by atomic mass is 10.2. The van der Waals surface area contributed by atoms with Crippen LogP contribution in [-0.2, 0) is 6.18 Å². The number of aromatic hydroxyl groups is 1. The summed E-state index contributed by atoms with van der Waals surface area (Å²) in [5.74, 6) is -0.804. The van der Waals surface area contributed by atoms with Crippen molar-refractivity contribution >= 4 is 31.9 Å². The summed E-state index contributed by atoms with van der Waals surface area (Å²) in [6, 6.07) is 2.02. The third kappa shape index (κ3) is 2.17. The fourth-order valence-electron chi connectivity index (χ4n) is 0.769. The van der Waals surface area contributed by atoms with Gasteiger partial charge in [-0.2, -0.15) is 13.2 Å². The topological polar surface area (TPSA) is 20.2 Å². The van der Waals surface area contributed by atoms with Gasteiger partial charge < -0.3 is 5.11 Å². The molecule has 0 bridgehead atoms. The van der Waals surface area contributed by atoms with E-state index >= 15 is 0 Å². The van der Waals surface area contributed by atoms with Crippen molar-refractivity contribution in [3.63, 3.8) is 0 Å². The van der Waals surface area contributed by atoms with Crippen LogP contribution < -0.4 is 0 Å². The van der Waals surface area contributed by atoms with E-state index in [0.717, 1.165) is 6.07 Å². The average Bonchev–Trinajstić information content (AvgIpc) is 1.98. The van der Waals surface area contributed by atoms with Gasteiger partial charge in [-0.05, 0) is 44.0 Å². The Morgan fingerprint density at radius 1 is 1.15 bits per heavy atom. The Hall–Kier alpha value is -0.230. The van der Waals surface area contributed by atoms with E-state index in [9.17, 15) is 13.2 Å². The van der Waals surface area contributed by atoms with Crippen LogP contribution in [0, 0.1) is 0 Å². The maximum absolute atomic E-state index is 12.2. The van der Waals surface area contributed by atoms with Gasteiger partial charge in [0.2, 0.25) is 0 Å². The molecule has 0 heterocycles. The largest absolute Gasteiger partial charge is 0.506 e. The summed E-state index contributed by atoms with van der Waals surface area (Å²) >= 11 is 5.80. The zero-order valence-corrected chi connectivity index (χ0v) is 9.16. The Balaban J connectivity index is 3.35. The predicted octanol–water partition coefficient (Wildman–Crippen LogP) is 3.94. The first-order valence-electron chi connectivity index (χ1n) is 3.08. The second-order valence-electron chi connectivity index (χ2n) is 2.26. The highest BCUT2D eigenvalue weighted by molar-refractivity contribution is 9.13. The molecule has 0 unspecified atom stereocenters. The van der Waals surface area contributed by atoms with Crippen LogP contribution in [0.5, 0.6) is 5.75 Å². The molecule has 0 saturated heterocycles. The van der Waals surface area contributed by atoms with Gasteiger partial charge in [0.25, 0.3) is 0 Å². The van der Waals surface area contributed by atoms with Gasteiger partial charge in [0.15, 0.2) is 0 Å². The first kappa shape index (κ1) is 10.8. The molecule has 0 fully saturated rings. The highest BCUT2D eigenvalue weighted by Crippen LogP contribution is 2.42. The number of benzene rings is 1. The standard InChI is InChI=1S/C7H3Br2F3O/c8-4-2-1-3(7(10,11)12)6(13)5(4)9/h1-2,13H. The van der Waals surface area contributed by atoms with E-state index in [0.29, 0.717) is 4.47 Å². The number of hydrogen-bond acceptors (Lipinski definition) is 1. The maximum atomic E-state index is 12.2. The summed E-state index contributed by atoms with van der Waals surface area (Å²) in [7, 11) is 0. The van der Waals surface area contributed by atoms with Gasteiger partial charge in [-0.25, -0.2) is 0 Å². The maximum Gasteiger partial charge on any atom is 0.419 e. The van der Waals surface area contributed by atoms with Gasteiger partial charge in [-0.3, -0.25) is 0 Å². The summed E-state index contributed by atoms with van der Waals surface area (Å²) in [5.41, 5.74) is -1.05. The first-order chi connectivity index (χ1) is 5.84. The molecule has 0 radical (unpaired) electrons. The van der Waals surface area contributed by atoms with Gasteiger partial charge in [0, 0.05) is 4.47 Å². The van der Waals surface area contributed by atoms with E-state index in [2.05, 4.69) is 31.9 Å². The summed E-state index contributed by atoms with van der Waals surface area (Å²) in [4.78, 5) is 0. The number of phenolic OH excluding ortho intramolecular Hbond substituents is 1. The monoisotopic (exact) mass is 318 g/mol. The Bertz CT molecular complexity index is 335. The van der Waals surface area contributed by atoms with E-state index in [1.807, 2.05) is 0 Å². The minimum Gasteiger partial charge on any atom is -0.506 e. The molecule has 0 saturated carbocycles. The lowest BCUT2D eigenvalue weighted by Crippen LogP contribution is -2.05. The second kappa shape index (κ2) is 3.49. The van der Waals surface area contributed by atoms with Crippen molar-refractivity contribution in [2.45, 2.75) is 6.18 Å². The van der Waals surface area contributed by atoms with Gasteiger partial charge in [-0.1, -0.05) is 0 Å². The van der Waals surface area contributed by atoms with Crippen LogP contribution in [0.1, 0.15) is 5.56 Å². The number of rotatable bonds is 0. The molecule has 0 aliphatic heterocycles. The van der Waals surface area contributed by atoms with Crippen molar-refractivity contribution < 1.29 is 18.3 Å². The summed E-state index contributed by atoms with van der Waals surface area (Å²) < 4.78 is 36.9. The predicted molar refractivity (Wildman–Crippen MR) is 48.5 cm³/mol. The highest BCUT2D eigenvalue weighted by atomic mass is 79.9. The smallest absolute Gasteiger partial charge is 0.419 e. The van der Waals surface area contributed by atoms with Crippen molar-refractivity contribution in [3.8, 4) is 5.75 Å². The van der Waals surface area contributed by atoms with E-state index < -0.39 is 17.5 Å². The summed E-state index contributed by atoms with van der Waals surface area (Å²) in [6.07, 6.45) is -4.53. The van der Waals surface area contributed by atoms with Crippen LogP contribution in [-0.4, -0.2) is 5.11 Å². The Kier molecular flexibility index (Phi) is 2.91. The third-order valence-electron chi connectivity index (χ3n) is 1.37. The molecular weight excluding hydrogens is 317 g/mol. The van der Waals surface area contributed by atoms with E-state index in [1.54, 1.807) is 0 Å². The summed E-state index contributed by atoms with van der Waals surface area (Å²) in [5, 5.41) is 9.12. The number of hydrogen-bond donors (Lipinski definition) is 1. The first-order valence-corrected chi connectivity index (χ1v) is 4.67. The molecule has 0 aliphatic carbocycles.